The molecule has 6 heteroatoms. The molecule has 0 aliphatic carbocycles. The van der Waals surface area contributed by atoms with Crippen molar-refractivity contribution in [3.05, 3.63) is 36.4 Å². The minimum Gasteiger partial charge on any atom is -0.502 e. The summed E-state index contributed by atoms with van der Waals surface area (Å²) in [6, 6.07) is 10.9. The molecule has 0 atom stereocenters. The summed E-state index contributed by atoms with van der Waals surface area (Å²) in [5.41, 5.74) is 2.23. The molecule has 0 unspecified atom stereocenters. The number of nitrogens with zero attached hydrogens (tertiary/aromatic N) is 3. The Balaban J connectivity index is 2.18. The lowest BCUT2D eigenvalue weighted by atomic mass is 10.2. The quantitative estimate of drug-likeness (QED) is 0.790. The number of hydrogen-bond acceptors (Lipinski definition) is 5. The van der Waals surface area contributed by atoms with Gasteiger partial charge in [-0.25, -0.2) is 0 Å². The van der Waals surface area contributed by atoms with E-state index in [4.69, 9.17) is 9.47 Å². The van der Waals surface area contributed by atoms with Crippen LogP contribution >= 0.6 is 0 Å². The van der Waals surface area contributed by atoms with Gasteiger partial charge in [0.05, 0.1) is 19.9 Å². The Labute approximate surface area is 115 Å². The maximum atomic E-state index is 9.90. The third-order valence-electron chi connectivity index (χ3n) is 2.98. The Morgan fingerprint density at radius 2 is 1.45 bits per heavy atom. The average molecular weight is 271 g/mol. The molecule has 1 N–H and O–H groups in total. The molecule has 0 spiro atoms. The van der Waals surface area contributed by atoms with Crippen LogP contribution in [0.5, 0.6) is 17.2 Å². The number of benzene rings is 2. The van der Waals surface area contributed by atoms with Gasteiger partial charge in [-0.3, -0.25) is 0 Å². The van der Waals surface area contributed by atoms with Crippen molar-refractivity contribution in [1.82, 2.24) is 15.0 Å². The lowest BCUT2D eigenvalue weighted by molar-refractivity contribution is 0.339. The van der Waals surface area contributed by atoms with Crippen molar-refractivity contribution in [3.8, 4) is 22.9 Å². The average Bonchev–Trinajstić information content (AvgIpc) is 2.91. The SMILES string of the molecule is COc1cc(-n2nc3ccccc3n2)cc(OC)c1O. The minimum absolute atomic E-state index is 0.0459. The number of hydrogen-bond donors (Lipinski definition) is 1. The van der Waals surface area contributed by atoms with Gasteiger partial charge in [-0.2, -0.15) is 4.80 Å². The predicted octanol–water partition coefficient (Wildman–Crippen LogP) is 2.14. The van der Waals surface area contributed by atoms with E-state index >= 15 is 0 Å². The summed E-state index contributed by atoms with van der Waals surface area (Å²) >= 11 is 0. The molecule has 0 saturated heterocycles. The van der Waals surface area contributed by atoms with E-state index in [1.807, 2.05) is 24.3 Å². The molecule has 0 bridgehead atoms. The topological polar surface area (TPSA) is 69.4 Å². The van der Waals surface area contributed by atoms with Gasteiger partial charge in [0, 0.05) is 12.1 Å². The first-order valence-electron chi connectivity index (χ1n) is 6.00. The number of rotatable bonds is 3. The van der Waals surface area contributed by atoms with Gasteiger partial charge < -0.3 is 14.6 Å². The van der Waals surface area contributed by atoms with E-state index in [2.05, 4.69) is 10.2 Å². The molecule has 0 saturated carbocycles. The number of phenolic OH excluding ortho intramolecular Hbond substituents is 1. The second-order valence-corrected chi connectivity index (χ2v) is 4.18. The van der Waals surface area contributed by atoms with Crippen LogP contribution < -0.4 is 9.47 Å². The number of aromatic hydroxyl groups is 1. The van der Waals surface area contributed by atoms with Crippen LogP contribution in [0.25, 0.3) is 16.7 Å². The minimum atomic E-state index is -0.0459. The molecule has 0 radical (unpaired) electrons. The van der Waals surface area contributed by atoms with Gasteiger partial charge in [0.2, 0.25) is 5.75 Å². The molecular formula is C14H13N3O3. The van der Waals surface area contributed by atoms with E-state index < -0.39 is 0 Å². The second-order valence-electron chi connectivity index (χ2n) is 4.18. The fourth-order valence-corrected chi connectivity index (χ4v) is 1.97. The molecule has 3 aromatic rings. The molecule has 6 nitrogen and oxygen atoms in total. The van der Waals surface area contributed by atoms with E-state index in [1.54, 1.807) is 12.1 Å². The largest absolute Gasteiger partial charge is 0.502 e. The Hall–Kier alpha value is -2.76. The van der Waals surface area contributed by atoms with Crippen molar-refractivity contribution in [2.45, 2.75) is 0 Å². The number of methoxy groups -OCH3 is 2. The fourth-order valence-electron chi connectivity index (χ4n) is 1.97. The van der Waals surface area contributed by atoms with Crippen LogP contribution in [0.3, 0.4) is 0 Å². The molecular weight excluding hydrogens is 258 g/mol. The first kappa shape index (κ1) is 12.3. The van der Waals surface area contributed by atoms with Crippen molar-refractivity contribution in [3.63, 3.8) is 0 Å². The Kier molecular flexibility index (Phi) is 2.90. The highest BCUT2D eigenvalue weighted by Crippen LogP contribution is 2.38. The first-order chi connectivity index (χ1) is 9.72. The monoisotopic (exact) mass is 271 g/mol. The normalized spacial score (nSPS) is 10.7. The van der Waals surface area contributed by atoms with E-state index in [9.17, 15) is 5.11 Å². The third-order valence-corrected chi connectivity index (χ3v) is 2.98. The van der Waals surface area contributed by atoms with Gasteiger partial charge in [-0.15, -0.1) is 10.2 Å². The van der Waals surface area contributed by atoms with Crippen LogP contribution in [-0.2, 0) is 0 Å². The number of phenols is 1. The highest BCUT2D eigenvalue weighted by molar-refractivity contribution is 5.73. The summed E-state index contributed by atoms with van der Waals surface area (Å²) in [6.07, 6.45) is 0. The molecule has 0 fully saturated rings. The number of ether oxygens (including phenoxy) is 2. The Morgan fingerprint density at radius 3 is 1.90 bits per heavy atom. The molecule has 3 rings (SSSR count). The Bertz CT molecular complexity index is 709. The summed E-state index contributed by atoms with van der Waals surface area (Å²) < 4.78 is 10.2. The summed E-state index contributed by atoms with van der Waals surface area (Å²) in [4.78, 5) is 1.48. The van der Waals surface area contributed by atoms with Gasteiger partial charge in [0.15, 0.2) is 11.5 Å². The molecule has 0 amide bonds. The van der Waals surface area contributed by atoms with Crippen LogP contribution in [0.2, 0.25) is 0 Å². The van der Waals surface area contributed by atoms with E-state index in [1.165, 1.54) is 19.0 Å². The van der Waals surface area contributed by atoms with Crippen molar-refractivity contribution in [2.24, 2.45) is 0 Å². The zero-order valence-electron chi connectivity index (χ0n) is 11.1. The lowest BCUT2D eigenvalue weighted by Gasteiger charge is -2.10. The predicted molar refractivity (Wildman–Crippen MR) is 73.6 cm³/mol. The Morgan fingerprint density at radius 1 is 0.950 bits per heavy atom. The molecule has 1 aromatic heterocycles. The molecule has 0 aliphatic heterocycles. The van der Waals surface area contributed by atoms with Crippen molar-refractivity contribution in [1.29, 1.82) is 0 Å². The molecule has 1 heterocycles. The maximum absolute atomic E-state index is 9.90. The van der Waals surface area contributed by atoms with Gasteiger partial charge in [0.1, 0.15) is 11.0 Å². The highest BCUT2D eigenvalue weighted by atomic mass is 16.5. The maximum Gasteiger partial charge on any atom is 0.200 e. The molecule has 0 aliphatic rings. The number of aromatic nitrogens is 3. The lowest BCUT2D eigenvalue weighted by Crippen LogP contribution is -2.00. The van der Waals surface area contributed by atoms with Crippen molar-refractivity contribution >= 4 is 11.0 Å². The van der Waals surface area contributed by atoms with Gasteiger partial charge in [0.25, 0.3) is 0 Å². The van der Waals surface area contributed by atoms with E-state index in [0.29, 0.717) is 17.2 Å². The second kappa shape index (κ2) is 4.73. The summed E-state index contributed by atoms with van der Waals surface area (Å²) in [5, 5.41) is 18.7. The van der Waals surface area contributed by atoms with Crippen LogP contribution in [0.1, 0.15) is 0 Å². The zero-order valence-corrected chi connectivity index (χ0v) is 11.1. The molecule has 102 valence electrons. The fraction of sp³-hybridized carbons (Fsp3) is 0.143. The first-order valence-corrected chi connectivity index (χ1v) is 6.00. The standard InChI is InChI=1S/C14H13N3O3/c1-19-12-7-9(8-13(20-2)14(12)18)17-15-10-5-3-4-6-11(10)16-17/h3-8,18H,1-2H3. The third kappa shape index (κ3) is 1.91. The van der Waals surface area contributed by atoms with E-state index in [-0.39, 0.29) is 5.75 Å². The van der Waals surface area contributed by atoms with Crippen LogP contribution in [0, 0.1) is 0 Å². The van der Waals surface area contributed by atoms with Crippen LogP contribution in [-0.4, -0.2) is 34.3 Å². The zero-order chi connectivity index (χ0) is 14.1. The van der Waals surface area contributed by atoms with Crippen molar-refractivity contribution < 1.29 is 14.6 Å². The molecule has 2 aromatic carbocycles. The van der Waals surface area contributed by atoms with Gasteiger partial charge in [-0.1, -0.05) is 12.1 Å². The van der Waals surface area contributed by atoms with Gasteiger partial charge in [-0.05, 0) is 12.1 Å². The summed E-state index contributed by atoms with van der Waals surface area (Å²) in [7, 11) is 2.95. The van der Waals surface area contributed by atoms with Crippen LogP contribution in [0.15, 0.2) is 36.4 Å². The smallest absolute Gasteiger partial charge is 0.200 e. The van der Waals surface area contributed by atoms with Crippen LogP contribution in [0.4, 0.5) is 0 Å². The van der Waals surface area contributed by atoms with E-state index in [0.717, 1.165) is 11.0 Å². The highest BCUT2D eigenvalue weighted by Gasteiger charge is 2.13. The summed E-state index contributed by atoms with van der Waals surface area (Å²) in [6.45, 7) is 0. The molecule has 20 heavy (non-hydrogen) atoms. The van der Waals surface area contributed by atoms with Gasteiger partial charge >= 0.3 is 0 Å². The summed E-state index contributed by atoms with van der Waals surface area (Å²) in [5.74, 6) is 0.567. The number of fused-ring (bicyclic) bond motifs is 1. The van der Waals surface area contributed by atoms with Crippen molar-refractivity contribution in [2.75, 3.05) is 14.2 Å².